The Morgan fingerprint density at radius 1 is 1.04 bits per heavy atom. The van der Waals surface area contributed by atoms with E-state index in [1.54, 1.807) is 30.3 Å². The lowest BCUT2D eigenvalue weighted by Gasteiger charge is -2.05. The third kappa shape index (κ3) is 3.76. The molecule has 3 aromatic rings. The summed E-state index contributed by atoms with van der Waals surface area (Å²) in [4.78, 5) is 23.5. The van der Waals surface area contributed by atoms with E-state index in [0.717, 1.165) is 5.56 Å². The smallest absolute Gasteiger partial charge is 0.230 e. The first kappa shape index (κ1) is 15.7. The quantitative estimate of drug-likeness (QED) is 0.727. The maximum atomic E-state index is 12.1. The topological polar surface area (TPSA) is 72.2 Å². The summed E-state index contributed by atoms with van der Waals surface area (Å²) in [7, 11) is 0. The average Bonchev–Trinajstić information content (AvgIpc) is 3.04. The molecule has 0 atom stereocenters. The Bertz CT molecular complexity index is 869. The summed E-state index contributed by atoms with van der Waals surface area (Å²) in [6.45, 7) is 1.49. The highest BCUT2D eigenvalue weighted by Crippen LogP contribution is 2.20. The molecule has 1 amide bonds. The number of rotatable bonds is 5. The molecule has 0 radical (unpaired) electrons. The fourth-order valence-corrected chi connectivity index (χ4v) is 2.32. The molecule has 120 valence electrons. The van der Waals surface area contributed by atoms with Crippen LogP contribution in [0.2, 0.25) is 0 Å². The van der Waals surface area contributed by atoms with Crippen LogP contribution in [0.5, 0.6) is 0 Å². The van der Waals surface area contributed by atoms with E-state index in [9.17, 15) is 9.59 Å². The number of carbonyl (C=O) groups is 2. The molecule has 0 saturated heterocycles. The van der Waals surface area contributed by atoms with Gasteiger partial charge in [0.25, 0.3) is 0 Å². The number of nitrogens with one attached hydrogen (secondary N) is 1. The summed E-state index contributed by atoms with van der Waals surface area (Å²) in [5.74, 6) is 0.357. The number of anilines is 1. The van der Waals surface area contributed by atoms with E-state index in [2.05, 4.69) is 10.5 Å². The summed E-state index contributed by atoms with van der Waals surface area (Å²) in [6, 6.07) is 18.1. The first-order chi connectivity index (χ1) is 11.6. The number of aromatic nitrogens is 1. The molecule has 0 aliphatic heterocycles. The van der Waals surface area contributed by atoms with Crippen LogP contribution in [0.1, 0.15) is 23.0 Å². The highest BCUT2D eigenvalue weighted by atomic mass is 16.5. The van der Waals surface area contributed by atoms with Crippen molar-refractivity contribution in [1.29, 1.82) is 0 Å². The van der Waals surface area contributed by atoms with Gasteiger partial charge in [-0.2, -0.15) is 0 Å². The fourth-order valence-electron chi connectivity index (χ4n) is 2.32. The first-order valence-electron chi connectivity index (χ1n) is 7.54. The van der Waals surface area contributed by atoms with Crippen molar-refractivity contribution in [3.8, 4) is 11.3 Å². The van der Waals surface area contributed by atoms with Crippen LogP contribution in [-0.2, 0) is 11.2 Å². The molecular formula is C19H16N2O3. The SMILES string of the molecule is CC(=O)c1cccc(NC(=O)Cc2cc(-c3ccccc3)on2)c1. The van der Waals surface area contributed by atoms with E-state index in [0.29, 0.717) is 22.7 Å². The Hall–Kier alpha value is -3.21. The van der Waals surface area contributed by atoms with E-state index in [4.69, 9.17) is 4.52 Å². The van der Waals surface area contributed by atoms with Crippen molar-refractivity contribution in [3.63, 3.8) is 0 Å². The van der Waals surface area contributed by atoms with Gasteiger partial charge in [0.05, 0.1) is 12.1 Å². The molecule has 0 unspecified atom stereocenters. The van der Waals surface area contributed by atoms with Gasteiger partial charge in [0, 0.05) is 22.9 Å². The van der Waals surface area contributed by atoms with E-state index in [1.807, 2.05) is 30.3 Å². The van der Waals surface area contributed by atoms with Crippen molar-refractivity contribution >= 4 is 17.4 Å². The highest BCUT2D eigenvalue weighted by molar-refractivity contribution is 5.97. The van der Waals surface area contributed by atoms with Gasteiger partial charge in [0.2, 0.25) is 5.91 Å². The average molecular weight is 320 g/mol. The van der Waals surface area contributed by atoms with Gasteiger partial charge in [-0.1, -0.05) is 47.6 Å². The van der Waals surface area contributed by atoms with Gasteiger partial charge in [0.1, 0.15) is 0 Å². The maximum absolute atomic E-state index is 12.1. The Kier molecular flexibility index (Phi) is 4.52. The summed E-state index contributed by atoms with van der Waals surface area (Å²) in [6.07, 6.45) is 0.0978. The Morgan fingerprint density at radius 3 is 2.58 bits per heavy atom. The standard InChI is InChI=1S/C19H16N2O3/c1-13(22)15-8-5-9-16(10-15)20-19(23)12-17-11-18(24-21-17)14-6-3-2-4-7-14/h2-11H,12H2,1H3,(H,20,23). The molecule has 1 heterocycles. The normalized spacial score (nSPS) is 10.4. The second-order valence-corrected chi connectivity index (χ2v) is 5.41. The fraction of sp³-hybridized carbons (Fsp3) is 0.105. The van der Waals surface area contributed by atoms with Crippen molar-refractivity contribution in [1.82, 2.24) is 5.16 Å². The third-order valence-electron chi connectivity index (χ3n) is 3.51. The second kappa shape index (κ2) is 6.91. The van der Waals surface area contributed by atoms with Crippen LogP contribution >= 0.6 is 0 Å². The summed E-state index contributed by atoms with van der Waals surface area (Å²) >= 11 is 0. The predicted molar refractivity (Wildman–Crippen MR) is 90.7 cm³/mol. The second-order valence-electron chi connectivity index (χ2n) is 5.41. The third-order valence-corrected chi connectivity index (χ3v) is 3.51. The van der Waals surface area contributed by atoms with Crippen LogP contribution in [0.4, 0.5) is 5.69 Å². The van der Waals surface area contributed by atoms with Crippen molar-refractivity contribution in [2.75, 3.05) is 5.32 Å². The molecule has 5 nitrogen and oxygen atoms in total. The van der Waals surface area contributed by atoms with E-state index < -0.39 is 0 Å². The monoisotopic (exact) mass is 320 g/mol. The predicted octanol–water partition coefficient (Wildman–Crippen LogP) is 3.73. The van der Waals surface area contributed by atoms with Crippen LogP contribution in [-0.4, -0.2) is 16.8 Å². The van der Waals surface area contributed by atoms with Crippen molar-refractivity contribution in [2.45, 2.75) is 13.3 Å². The van der Waals surface area contributed by atoms with Crippen LogP contribution in [0.15, 0.2) is 65.2 Å². The van der Waals surface area contributed by atoms with Crippen molar-refractivity contribution in [3.05, 3.63) is 71.9 Å². The number of hydrogen-bond donors (Lipinski definition) is 1. The lowest BCUT2D eigenvalue weighted by atomic mass is 10.1. The number of carbonyl (C=O) groups excluding carboxylic acids is 2. The largest absolute Gasteiger partial charge is 0.356 e. The molecule has 3 rings (SSSR count). The number of benzene rings is 2. The minimum Gasteiger partial charge on any atom is -0.356 e. The molecule has 0 bridgehead atoms. The molecule has 2 aromatic carbocycles. The molecule has 24 heavy (non-hydrogen) atoms. The summed E-state index contributed by atoms with van der Waals surface area (Å²) in [5.41, 5.74) is 2.60. The minimum atomic E-state index is -0.219. The van der Waals surface area contributed by atoms with Gasteiger partial charge in [-0.25, -0.2) is 0 Å². The first-order valence-corrected chi connectivity index (χ1v) is 7.54. The van der Waals surface area contributed by atoms with Gasteiger partial charge >= 0.3 is 0 Å². The summed E-state index contributed by atoms with van der Waals surface area (Å²) < 4.78 is 5.28. The van der Waals surface area contributed by atoms with Gasteiger partial charge in [-0.05, 0) is 19.1 Å². The number of hydrogen-bond acceptors (Lipinski definition) is 4. The van der Waals surface area contributed by atoms with Crippen LogP contribution in [0.25, 0.3) is 11.3 Å². The lowest BCUT2D eigenvalue weighted by Crippen LogP contribution is -2.14. The van der Waals surface area contributed by atoms with Gasteiger partial charge in [-0.3, -0.25) is 9.59 Å². The number of amides is 1. The minimum absolute atomic E-state index is 0.0462. The molecule has 0 spiro atoms. The molecular weight excluding hydrogens is 304 g/mol. The number of Topliss-reactive ketones (excluding diaryl/α,β-unsaturated/α-hetero) is 1. The van der Waals surface area contributed by atoms with Crippen LogP contribution in [0.3, 0.4) is 0 Å². The van der Waals surface area contributed by atoms with Crippen molar-refractivity contribution in [2.24, 2.45) is 0 Å². The van der Waals surface area contributed by atoms with E-state index >= 15 is 0 Å². The maximum Gasteiger partial charge on any atom is 0.230 e. The molecule has 0 saturated carbocycles. The Labute approximate surface area is 139 Å². The zero-order valence-electron chi connectivity index (χ0n) is 13.2. The van der Waals surface area contributed by atoms with Gasteiger partial charge in [0.15, 0.2) is 11.5 Å². The zero-order valence-corrected chi connectivity index (χ0v) is 13.2. The summed E-state index contributed by atoms with van der Waals surface area (Å²) in [5, 5.41) is 6.69. The van der Waals surface area contributed by atoms with Crippen molar-refractivity contribution < 1.29 is 14.1 Å². The molecule has 0 aliphatic carbocycles. The van der Waals surface area contributed by atoms with E-state index in [1.165, 1.54) is 6.92 Å². The van der Waals surface area contributed by atoms with Gasteiger partial charge in [-0.15, -0.1) is 0 Å². The van der Waals surface area contributed by atoms with Crippen LogP contribution in [0, 0.1) is 0 Å². The molecule has 0 fully saturated rings. The zero-order chi connectivity index (χ0) is 16.9. The molecule has 5 heteroatoms. The lowest BCUT2D eigenvalue weighted by molar-refractivity contribution is -0.115. The Morgan fingerprint density at radius 2 is 1.83 bits per heavy atom. The van der Waals surface area contributed by atoms with Crippen LogP contribution < -0.4 is 5.32 Å². The molecule has 1 aromatic heterocycles. The molecule has 0 aliphatic rings. The Balaban J connectivity index is 1.66. The van der Waals surface area contributed by atoms with E-state index in [-0.39, 0.29) is 18.1 Å². The highest BCUT2D eigenvalue weighted by Gasteiger charge is 2.11. The molecule has 1 N–H and O–H groups in total. The number of ketones is 1. The van der Waals surface area contributed by atoms with Gasteiger partial charge < -0.3 is 9.84 Å². The number of nitrogens with zero attached hydrogens (tertiary/aromatic N) is 1.